The Morgan fingerprint density at radius 1 is 0.667 bits per heavy atom. The van der Waals surface area contributed by atoms with E-state index in [9.17, 15) is 24.3 Å². The third-order valence-corrected chi connectivity index (χ3v) is 5.45. The lowest BCUT2D eigenvalue weighted by Gasteiger charge is -2.23. The average Bonchev–Trinajstić information content (AvgIpc) is 2.73. The topological polar surface area (TPSA) is 127 Å². The molecule has 1 atom stereocenters. The minimum atomic E-state index is -2.57. The first-order valence-electron chi connectivity index (χ1n) is 12.6. The highest BCUT2D eigenvalue weighted by atomic mass is 16.6. The zero-order chi connectivity index (χ0) is 25.0. The fraction of sp³-hybridized carbons (Fsp3) is 0.840. The molecule has 8 heteroatoms. The van der Waals surface area contributed by atoms with Gasteiger partial charge in [0.25, 0.3) is 0 Å². The molecule has 0 amide bonds. The molecular weight excluding hydrogens is 428 g/mol. The first kappa shape index (κ1) is 31.0. The van der Waals surface area contributed by atoms with Crippen LogP contribution >= 0.6 is 0 Å². The molecule has 33 heavy (non-hydrogen) atoms. The number of carboxylic acid groups (broad SMARTS) is 1. The van der Waals surface area contributed by atoms with E-state index < -0.39 is 42.3 Å². The van der Waals surface area contributed by atoms with Gasteiger partial charge >= 0.3 is 23.9 Å². The quantitative estimate of drug-likeness (QED) is 0.134. The van der Waals surface area contributed by atoms with E-state index in [4.69, 9.17) is 9.84 Å². The lowest BCUT2D eigenvalue weighted by molar-refractivity contribution is -0.178. The van der Waals surface area contributed by atoms with E-state index in [0.717, 1.165) is 32.1 Å². The third-order valence-electron chi connectivity index (χ3n) is 5.45. The molecule has 0 aromatic rings. The van der Waals surface area contributed by atoms with Crippen molar-refractivity contribution in [3.8, 4) is 0 Å². The van der Waals surface area contributed by atoms with Crippen molar-refractivity contribution in [2.45, 2.75) is 129 Å². The van der Waals surface area contributed by atoms with Crippen LogP contribution in [0.1, 0.15) is 123 Å². The first-order chi connectivity index (χ1) is 15.7. The number of aliphatic hydroxyl groups is 1. The van der Waals surface area contributed by atoms with E-state index in [2.05, 4.69) is 11.7 Å². The molecule has 1 unspecified atom stereocenters. The second-order valence-corrected chi connectivity index (χ2v) is 8.75. The summed E-state index contributed by atoms with van der Waals surface area (Å²) in [4.78, 5) is 47.0. The molecule has 0 saturated carbocycles. The summed E-state index contributed by atoms with van der Waals surface area (Å²) >= 11 is 0. The zero-order valence-corrected chi connectivity index (χ0v) is 20.6. The second kappa shape index (κ2) is 19.5. The summed E-state index contributed by atoms with van der Waals surface area (Å²) in [6.45, 7) is 4.20. The van der Waals surface area contributed by atoms with E-state index in [1.807, 2.05) is 6.92 Å². The fourth-order valence-electron chi connectivity index (χ4n) is 3.49. The van der Waals surface area contributed by atoms with Crippen LogP contribution < -0.4 is 0 Å². The summed E-state index contributed by atoms with van der Waals surface area (Å²) in [5.41, 5.74) is -2.57. The molecule has 0 spiro atoms. The summed E-state index contributed by atoms with van der Waals surface area (Å²) in [5, 5.41) is 19.5. The summed E-state index contributed by atoms with van der Waals surface area (Å²) in [5.74, 6) is -4.56. The highest BCUT2D eigenvalue weighted by molar-refractivity contribution is 5.92. The van der Waals surface area contributed by atoms with Gasteiger partial charge in [0.1, 0.15) is 0 Å². The van der Waals surface area contributed by atoms with Crippen LogP contribution in [0, 0.1) is 0 Å². The number of aliphatic carboxylic acids is 1. The van der Waals surface area contributed by atoms with Gasteiger partial charge in [0.2, 0.25) is 0 Å². The van der Waals surface area contributed by atoms with Crippen molar-refractivity contribution in [3.05, 3.63) is 0 Å². The van der Waals surface area contributed by atoms with Crippen molar-refractivity contribution in [2.75, 3.05) is 6.61 Å². The Bertz CT molecular complexity index is 575. The maximum Gasteiger partial charge on any atom is 0.339 e. The highest BCUT2D eigenvalue weighted by Crippen LogP contribution is 2.20. The summed E-state index contributed by atoms with van der Waals surface area (Å²) < 4.78 is 9.63. The Kier molecular flexibility index (Phi) is 18.3. The number of carbonyl (C=O) groups is 4. The fourth-order valence-corrected chi connectivity index (χ4v) is 3.49. The van der Waals surface area contributed by atoms with Gasteiger partial charge in [0, 0.05) is 6.42 Å². The van der Waals surface area contributed by atoms with Crippen molar-refractivity contribution < 1.29 is 38.9 Å². The van der Waals surface area contributed by atoms with Crippen LogP contribution in [-0.4, -0.2) is 46.3 Å². The number of rotatable bonds is 21. The van der Waals surface area contributed by atoms with Gasteiger partial charge in [-0.25, -0.2) is 4.79 Å². The lowest BCUT2D eigenvalue weighted by Crippen LogP contribution is -2.44. The molecular formula is C25H44O8. The Hall–Kier alpha value is -1.96. The smallest absolute Gasteiger partial charge is 0.339 e. The van der Waals surface area contributed by atoms with E-state index in [1.165, 1.54) is 44.9 Å². The van der Waals surface area contributed by atoms with Crippen LogP contribution in [0.25, 0.3) is 0 Å². The molecule has 0 aliphatic rings. The number of carbonyl (C=O) groups excluding carboxylic acids is 3. The van der Waals surface area contributed by atoms with E-state index in [-0.39, 0.29) is 13.0 Å². The molecule has 8 nitrogen and oxygen atoms in total. The first-order valence-corrected chi connectivity index (χ1v) is 12.6. The van der Waals surface area contributed by atoms with Crippen molar-refractivity contribution in [1.29, 1.82) is 0 Å². The van der Waals surface area contributed by atoms with Gasteiger partial charge < -0.3 is 19.7 Å². The van der Waals surface area contributed by atoms with Crippen LogP contribution in [0.5, 0.6) is 0 Å². The SMILES string of the molecule is CCCCCCCCCCCCCOC(=O)C(O)(CC(=O)O)CC(=O)OC(=O)CCCCC. The number of unbranched alkanes of at least 4 members (excludes halogenated alkanes) is 12. The summed E-state index contributed by atoms with van der Waals surface area (Å²) in [6, 6.07) is 0. The molecule has 192 valence electrons. The van der Waals surface area contributed by atoms with Crippen molar-refractivity contribution in [2.24, 2.45) is 0 Å². The number of hydrogen-bond donors (Lipinski definition) is 2. The number of esters is 3. The highest BCUT2D eigenvalue weighted by Gasteiger charge is 2.43. The number of ether oxygens (including phenoxy) is 2. The van der Waals surface area contributed by atoms with Gasteiger partial charge in [0.15, 0.2) is 5.60 Å². The van der Waals surface area contributed by atoms with Gasteiger partial charge in [-0.05, 0) is 12.8 Å². The minimum absolute atomic E-state index is 0.0305. The van der Waals surface area contributed by atoms with Crippen molar-refractivity contribution in [1.82, 2.24) is 0 Å². The number of carboxylic acids is 1. The predicted octanol–water partition coefficient (Wildman–Crippen LogP) is 5.09. The van der Waals surface area contributed by atoms with Crippen LogP contribution in [0.4, 0.5) is 0 Å². The Labute approximate surface area is 198 Å². The van der Waals surface area contributed by atoms with Crippen LogP contribution in [0.3, 0.4) is 0 Å². The van der Waals surface area contributed by atoms with Gasteiger partial charge in [0.05, 0.1) is 19.4 Å². The molecule has 0 aromatic heterocycles. The molecule has 0 saturated heterocycles. The molecule has 2 N–H and O–H groups in total. The van der Waals surface area contributed by atoms with E-state index >= 15 is 0 Å². The van der Waals surface area contributed by atoms with Gasteiger partial charge in [-0.2, -0.15) is 0 Å². The molecule has 0 fully saturated rings. The molecule has 0 aliphatic carbocycles. The largest absolute Gasteiger partial charge is 0.481 e. The number of hydrogen-bond acceptors (Lipinski definition) is 7. The van der Waals surface area contributed by atoms with Gasteiger partial charge in [-0.15, -0.1) is 0 Å². The predicted molar refractivity (Wildman–Crippen MR) is 124 cm³/mol. The Balaban J connectivity index is 4.22. The van der Waals surface area contributed by atoms with Gasteiger partial charge in [-0.1, -0.05) is 90.9 Å². The summed E-state index contributed by atoms with van der Waals surface area (Å²) in [6.07, 6.45) is 12.8. The van der Waals surface area contributed by atoms with E-state index in [0.29, 0.717) is 12.8 Å². The molecule has 0 aromatic carbocycles. The molecule has 0 rings (SSSR count). The van der Waals surface area contributed by atoms with Crippen LogP contribution in [-0.2, 0) is 28.7 Å². The minimum Gasteiger partial charge on any atom is -0.481 e. The maximum atomic E-state index is 12.3. The summed E-state index contributed by atoms with van der Waals surface area (Å²) in [7, 11) is 0. The maximum absolute atomic E-state index is 12.3. The molecule has 0 aliphatic heterocycles. The van der Waals surface area contributed by atoms with E-state index in [1.54, 1.807) is 0 Å². The van der Waals surface area contributed by atoms with Crippen molar-refractivity contribution >= 4 is 23.9 Å². The molecule has 0 bridgehead atoms. The Morgan fingerprint density at radius 2 is 1.15 bits per heavy atom. The van der Waals surface area contributed by atoms with Gasteiger partial charge in [-0.3, -0.25) is 14.4 Å². The second-order valence-electron chi connectivity index (χ2n) is 8.75. The lowest BCUT2D eigenvalue weighted by atomic mass is 9.95. The Morgan fingerprint density at radius 3 is 1.67 bits per heavy atom. The standard InChI is InChI=1S/C25H44O8/c1-3-5-7-8-9-10-11-12-13-14-16-18-32-24(30)25(31,19-21(26)27)20-23(29)33-22(28)17-15-6-4-2/h31H,3-20H2,1-2H3,(H,26,27). The third kappa shape index (κ3) is 17.2. The van der Waals surface area contributed by atoms with Crippen LogP contribution in [0.2, 0.25) is 0 Å². The molecule has 0 radical (unpaired) electrons. The normalized spacial score (nSPS) is 12.7. The molecule has 0 heterocycles. The van der Waals surface area contributed by atoms with Crippen molar-refractivity contribution in [3.63, 3.8) is 0 Å². The monoisotopic (exact) mass is 472 g/mol. The van der Waals surface area contributed by atoms with Crippen LogP contribution in [0.15, 0.2) is 0 Å². The average molecular weight is 473 g/mol. The zero-order valence-electron chi connectivity index (χ0n) is 20.6.